The molecule has 5 heteroatoms. The molecule has 0 saturated heterocycles. The summed E-state index contributed by atoms with van der Waals surface area (Å²) >= 11 is 11.7. The first-order chi connectivity index (χ1) is 8.56. The normalized spacial score (nSPS) is 16.4. The van der Waals surface area contributed by atoms with Crippen LogP contribution < -0.4 is 5.32 Å². The lowest BCUT2D eigenvalue weighted by Crippen LogP contribution is -2.31. The van der Waals surface area contributed by atoms with Gasteiger partial charge in [0.05, 0.1) is 5.02 Å². The number of aromatic nitrogens is 1. The van der Waals surface area contributed by atoms with E-state index in [4.69, 9.17) is 23.2 Å². The third kappa shape index (κ3) is 3.15. The van der Waals surface area contributed by atoms with E-state index in [0.717, 1.165) is 12.8 Å². The maximum absolute atomic E-state index is 12.0. The van der Waals surface area contributed by atoms with Gasteiger partial charge in [-0.1, -0.05) is 36.5 Å². The fourth-order valence-corrected chi connectivity index (χ4v) is 2.49. The second-order valence-electron chi connectivity index (χ2n) is 4.90. The molecule has 3 nitrogen and oxygen atoms in total. The maximum atomic E-state index is 12.0. The molecule has 1 aromatic rings. The highest BCUT2D eigenvalue weighted by atomic mass is 35.5. The number of carbonyl (C=O) groups excluding carboxylic acids is 1. The number of pyridine rings is 1. The maximum Gasteiger partial charge on any atom is 0.271 e. The topological polar surface area (TPSA) is 42.0 Å². The highest BCUT2D eigenvalue weighted by Gasteiger charge is 2.41. The molecule has 1 saturated carbocycles. The molecule has 18 heavy (non-hydrogen) atoms. The Morgan fingerprint density at radius 2 is 2.17 bits per heavy atom. The summed E-state index contributed by atoms with van der Waals surface area (Å²) in [5, 5.41) is 3.52. The van der Waals surface area contributed by atoms with Crippen molar-refractivity contribution in [3.8, 4) is 0 Å². The predicted molar refractivity (Wildman–Crippen MR) is 73.2 cm³/mol. The van der Waals surface area contributed by atoms with E-state index in [1.54, 1.807) is 12.1 Å². The standard InChI is InChI=1S/C13H16Cl2N2O/c1-2-5-13(6-7-13)8-16-12(18)11-9(14)3-4-10(15)17-11/h3-4H,2,5-8H2,1H3,(H,16,18). The molecule has 0 spiro atoms. The zero-order valence-corrected chi connectivity index (χ0v) is 11.8. The van der Waals surface area contributed by atoms with Gasteiger partial charge in [0.1, 0.15) is 10.8 Å². The van der Waals surface area contributed by atoms with E-state index in [1.807, 2.05) is 0 Å². The van der Waals surface area contributed by atoms with Gasteiger partial charge in [0.15, 0.2) is 0 Å². The molecule has 98 valence electrons. The minimum absolute atomic E-state index is 0.205. The van der Waals surface area contributed by atoms with Crippen LogP contribution in [0.1, 0.15) is 43.1 Å². The first kappa shape index (κ1) is 13.6. The van der Waals surface area contributed by atoms with Gasteiger partial charge in [-0.15, -0.1) is 0 Å². The van der Waals surface area contributed by atoms with E-state index in [0.29, 0.717) is 17.0 Å². The zero-order valence-electron chi connectivity index (χ0n) is 10.3. The van der Waals surface area contributed by atoms with Gasteiger partial charge in [-0.2, -0.15) is 0 Å². The highest BCUT2D eigenvalue weighted by Crippen LogP contribution is 2.48. The second kappa shape index (κ2) is 5.45. The fourth-order valence-electron chi connectivity index (χ4n) is 2.15. The molecule has 1 aromatic heterocycles. The average molecular weight is 287 g/mol. The lowest BCUT2D eigenvalue weighted by Gasteiger charge is -2.14. The van der Waals surface area contributed by atoms with Crippen LogP contribution in [0.4, 0.5) is 0 Å². The van der Waals surface area contributed by atoms with Gasteiger partial charge >= 0.3 is 0 Å². The van der Waals surface area contributed by atoms with Crippen molar-refractivity contribution in [3.05, 3.63) is 28.0 Å². The second-order valence-corrected chi connectivity index (χ2v) is 5.69. The zero-order chi connectivity index (χ0) is 13.2. The number of halogens is 2. The lowest BCUT2D eigenvalue weighted by atomic mass is 10.0. The number of nitrogens with one attached hydrogen (secondary N) is 1. The molecule has 1 aliphatic carbocycles. The quantitative estimate of drug-likeness (QED) is 0.839. The third-order valence-corrected chi connectivity index (χ3v) is 3.90. The summed E-state index contributed by atoms with van der Waals surface area (Å²) in [5.74, 6) is -0.245. The van der Waals surface area contributed by atoms with Gasteiger partial charge < -0.3 is 5.32 Å². The van der Waals surface area contributed by atoms with E-state index < -0.39 is 0 Å². The van der Waals surface area contributed by atoms with E-state index in [1.165, 1.54) is 12.8 Å². The first-order valence-corrected chi connectivity index (χ1v) is 6.92. The summed E-state index contributed by atoms with van der Waals surface area (Å²) in [4.78, 5) is 15.9. The minimum atomic E-state index is -0.245. The molecule has 0 aliphatic heterocycles. The summed E-state index contributed by atoms with van der Waals surface area (Å²) in [7, 11) is 0. The van der Waals surface area contributed by atoms with Crippen molar-refractivity contribution in [1.29, 1.82) is 0 Å². The molecule has 1 N–H and O–H groups in total. The smallest absolute Gasteiger partial charge is 0.271 e. The summed E-state index contributed by atoms with van der Waals surface area (Å²) in [6, 6.07) is 3.16. The summed E-state index contributed by atoms with van der Waals surface area (Å²) in [5.41, 5.74) is 0.520. The number of hydrogen-bond donors (Lipinski definition) is 1. The minimum Gasteiger partial charge on any atom is -0.350 e. The van der Waals surface area contributed by atoms with Crippen molar-refractivity contribution < 1.29 is 4.79 Å². The van der Waals surface area contributed by atoms with Crippen molar-refractivity contribution in [2.75, 3.05) is 6.54 Å². The van der Waals surface area contributed by atoms with Crippen LogP contribution in [0.2, 0.25) is 10.2 Å². The fraction of sp³-hybridized carbons (Fsp3) is 0.538. The van der Waals surface area contributed by atoms with Crippen LogP contribution in [0.25, 0.3) is 0 Å². The third-order valence-electron chi connectivity index (χ3n) is 3.39. The Bertz CT molecular complexity index is 458. The molecule has 0 unspecified atom stereocenters. The van der Waals surface area contributed by atoms with Crippen LogP contribution in [0, 0.1) is 5.41 Å². The summed E-state index contributed by atoms with van der Waals surface area (Å²) in [6.07, 6.45) is 4.69. The molecule has 0 bridgehead atoms. The Morgan fingerprint density at radius 3 is 2.78 bits per heavy atom. The molecular formula is C13H16Cl2N2O. The number of rotatable bonds is 5. The Hall–Kier alpha value is -0.800. The Morgan fingerprint density at radius 1 is 1.44 bits per heavy atom. The molecular weight excluding hydrogens is 271 g/mol. The Kier molecular flexibility index (Phi) is 4.13. The Labute approximate surface area is 117 Å². The van der Waals surface area contributed by atoms with Crippen LogP contribution in [-0.4, -0.2) is 17.4 Å². The molecule has 1 amide bonds. The highest BCUT2D eigenvalue weighted by molar-refractivity contribution is 6.34. The van der Waals surface area contributed by atoms with Gasteiger partial charge in [0, 0.05) is 6.54 Å². The summed E-state index contributed by atoms with van der Waals surface area (Å²) < 4.78 is 0. The molecule has 1 heterocycles. The number of nitrogens with zero attached hydrogens (tertiary/aromatic N) is 1. The van der Waals surface area contributed by atoms with Crippen LogP contribution in [0.15, 0.2) is 12.1 Å². The molecule has 1 fully saturated rings. The van der Waals surface area contributed by atoms with Gasteiger partial charge in [-0.3, -0.25) is 4.79 Å². The molecule has 0 radical (unpaired) electrons. The first-order valence-electron chi connectivity index (χ1n) is 6.16. The number of amides is 1. The van der Waals surface area contributed by atoms with Crippen molar-refractivity contribution in [2.24, 2.45) is 5.41 Å². The molecule has 0 atom stereocenters. The molecule has 0 aromatic carbocycles. The monoisotopic (exact) mass is 286 g/mol. The largest absolute Gasteiger partial charge is 0.350 e. The van der Waals surface area contributed by atoms with Crippen LogP contribution >= 0.6 is 23.2 Å². The van der Waals surface area contributed by atoms with Crippen LogP contribution in [-0.2, 0) is 0 Å². The van der Waals surface area contributed by atoms with Gasteiger partial charge in [0.25, 0.3) is 5.91 Å². The van der Waals surface area contributed by atoms with Crippen molar-refractivity contribution in [2.45, 2.75) is 32.6 Å². The van der Waals surface area contributed by atoms with Crippen molar-refractivity contribution in [1.82, 2.24) is 10.3 Å². The number of carbonyl (C=O) groups is 1. The Balaban J connectivity index is 1.98. The van der Waals surface area contributed by atoms with Gasteiger partial charge in [0.2, 0.25) is 0 Å². The summed E-state index contributed by atoms with van der Waals surface area (Å²) in [6.45, 7) is 2.86. The van der Waals surface area contributed by atoms with Crippen molar-refractivity contribution in [3.63, 3.8) is 0 Å². The average Bonchev–Trinajstić information content (AvgIpc) is 3.10. The van der Waals surface area contributed by atoms with Gasteiger partial charge in [-0.25, -0.2) is 4.98 Å². The van der Waals surface area contributed by atoms with E-state index in [-0.39, 0.29) is 16.8 Å². The van der Waals surface area contributed by atoms with E-state index >= 15 is 0 Å². The van der Waals surface area contributed by atoms with Crippen molar-refractivity contribution >= 4 is 29.1 Å². The lowest BCUT2D eigenvalue weighted by molar-refractivity contribution is 0.0939. The van der Waals surface area contributed by atoms with E-state index in [2.05, 4.69) is 17.2 Å². The van der Waals surface area contributed by atoms with E-state index in [9.17, 15) is 4.79 Å². The molecule has 2 rings (SSSR count). The van der Waals surface area contributed by atoms with Gasteiger partial charge in [-0.05, 0) is 36.8 Å². The molecule has 1 aliphatic rings. The van der Waals surface area contributed by atoms with Crippen LogP contribution in [0.3, 0.4) is 0 Å². The number of hydrogen-bond acceptors (Lipinski definition) is 2. The SMILES string of the molecule is CCCC1(CNC(=O)c2nc(Cl)ccc2Cl)CC1. The van der Waals surface area contributed by atoms with Crippen LogP contribution in [0.5, 0.6) is 0 Å². The predicted octanol–water partition coefficient (Wildman–Crippen LogP) is 3.70.